The van der Waals surface area contributed by atoms with Crippen molar-refractivity contribution in [3.63, 3.8) is 0 Å². The number of aromatic nitrogens is 1. The summed E-state index contributed by atoms with van der Waals surface area (Å²) in [6.45, 7) is 7.76. The highest BCUT2D eigenvalue weighted by Crippen LogP contribution is 2.37. The molecule has 0 atom stereocenters. The third-order valence-electron chi connectivity index (χ3n) is 3.17. The number of hydrogen-bond donors (Lipinski definition) is 1. The molecule has 1 heterocycles. The molecule has 6 heteroatoms. The second-order valence-electron chi connectivity index (χ2n) is 5.64. The number of alkyl halides is 3. The van der Waals surface area contributed by atoms with E-state index in [1.54, 1.807) is 4.90 Å². The maximum absolute atomic E-state index is 13.3. The van der Waals surface area contributed by atoms with Gasteiger partial charge in [-0.3, -0.25) is 0 Å². The fraction of sp³-hybridized carbons (Fsp3) is 0.667. The molecule has 21 heavy (non-hydrogen) atoms. The van der Waals surface area contributed by atoms with Crippen molar-refractivity contribution in [1.29, 1.82) is 0 Å². The van der Waals surface area contributed by atoms with Crippen molar-refractivity contribution in [1.82, 2.24) is 4.98 Å². The fourth-order valence-electron chi connectivity index (χ4n) is 2.12. The lowest BCUT2D eigenvalue weighted by molar-refractivity contribution is -0.137. The number of rotatable bonds is 6. The van der Waals surface area contributed by atoms with E-state index >= 15 is 0 Å². The van der Waals surface area contributed by atoms with Gasteiger partial charge in [0.25, 0.3) is 0 Å². The van der Waals surface area contributed by atoms with Crippen LogP contribution in [0, 0.1) is 0 Å². The van der Waals surface area contributed by atoms with Crippen molar-refractivity contribution in [3.8, 4) is 0 Å². The quantitative estimate of drug-likeness (QED) is 0.864. The van der Waals surface area contributed by atoms with E-state index in [0.717, 1.165) is 18.9 Å². The number of pyridine rings is 1. The molecule has 1 rings (SSSR count). The molecule has 0 saturated heterocycles. The molecule has 0 aliphatic heterocycles. The van der Waals surface area contributed by atoms with Gasteiger partial charge in [-0.2, -0.15) is 13.2 Å². The van der Waals surface area contributed by atoms with Crippen LogP contribution in [0.15, 0.2) is 12.3 Å². The molecule has 1 aromatic rings. The van der Waals surface area contributed by atoms with Gasteiger partial charge in [0.05, 0.1) is 11.2 Å². The van der Waals surface area contributed by atoms with E-state index in [1.807, 2.05) is 13.8 Å². The number of nitrogens with zero attached hydrogens (tertiary/aromatic N) is 2. The number of anilines is 1. The third-order valence-corrected chi connectivity index (χ3v) is 3.17. The number of halogens is 3. The van der Waals surface area contributed by atoms with Crippen molar-refractivity contribution in [2.75, 3.05) is 18.0 Å². The zero-order valence-corrected chi connectivity index (χ0v) is 13.0. The van der Waals surface area contributed by atoms with Crippen molar-refractivity contribution >= 4 is 5.82 Å². The fourth-order valence-corrected chi connectivity index (χ4v) is 2.12. The summed E-state index contributed by atoms with van der Waals surface area (Å²) >= 11 is 0. The molecular weight excluding hydrogens is 281 g/mol. The topological polar surface area (TPSA) is 36.4 Å². The molecule has 0 amide bonds. The Labute approximate surface area is 123 Å². The Morgan fingerprint density at radius 3 is 2.05 bits per heavy atom. The van der Waals surface area contributed by atoms with Gasteiger partial charge in [0, 0.05) is 24.8 Å². The Kier molecular flexibility index (Phi) is 5.61. The maximum atomic E-state index is 13.3. The van der Waals surface area contributed by atoms with Crippen LogP contribution in [0.2, 0.25) is 0 Å². The highest BCUT2D eigenvalue weighted by atomic mass is 19.4. The molecule has 0 aliphatic carbocycles. The summed E-state index contributed by atoms with van der Waals surface area (Å²) in [5.74, 6) is -0.0563. The predicted molar refractivity (Wildman–Crippen MR) is 77.3 cm³/mol. The minimum absolute atomic E-state index is 0.0563. The first-order valence-electron chi connectivity index (χ1n) is 7.16. The van der Waals surface area contributed by atoms with Crippen LogP contribution in [0.3, 0.4) is 0 Å². The molecule has 0 aliphatic rings. The molecule has 0 radical (unpaired) electrons. The Bertz CT molecular complexity index is 461. The second-order valence-corrected chi connectivity index (χ2v) is 5.64. The number of aliphatic hydroxyl groups is 1. The molecule has 0 aromatic carbocycles. The van der Waals surface area contributed by atoms with Crippen LogP contribution in [-0.4, -0.2) is 23.2 Å². The summed E-state index contributed by atoms with van der Waals surface area (Å²) in [7, 11) is 0. The summed E-state index contributed by atoms with van der Waals surface area (Å²) < 4.78 is 39.9. The van der Waals surface area contributed by atoms with Crippen molar-refractivity contribution in [2.45, 2.75) is 52.3 Å². The Hall–Kier alpha value is -1.30. The molecule has 0 spiro atoms. The van der Waals surface area contributed by atoms with E-state index in [9.17, 15) is 18.3 Å². The van der Waals surface area contributed by atoms with Gasteiger partial charge < -0.3 is 10.0 Å². The van der Waals surface area contributed by atoms with Crippen LogP contribution in [0.25, 0.3) is 0 Å². The molecule has 0 unspecified atom stereocenters. The van der Waals surface area contributed by atoms with Gasteiger partial charge in [-0.05, 0) is 32.8 Å². The summed E-state index contributed by atoms with van der Waals surface area (Å²) in [6, 6.07) is 1.00. The highest BCUT2D eigenvalue weighted by molar-refractivity contribution is 5.50. The van der Waals surface area contributed by atoms with E-state index < -0.39 is 17.3 Å². The third kappa shape index (κ3) is 4.59. The zero-order valence-electron chi connectivity index (χ0n) is 13.0. The normalized spacial score (nSPS) is 12.6. The summed E-state index contributed by atoms with van der Waals surface area (Å²) in [6.07, 6.45) is -1.69. The standard InChI is InChI=1S/C15H23F3N2O/c1-5-7-20(8-6-2)13-12(15(16,17)18)9-11(10-19-13)14(3,4)21/h9-10,21H,5-8H2,1-4H3. The van der Waals surface area contributed by atoms with Gasteiger partial charge in [0.1, 0.15) is 5.82 Å². The van der Waals surface area contributed by atoms with Crippen LogP contribution in [0.4, 0.5) is 19.0 Å². The van der Waals surface area contributed by atoms with Crippen LogP contribution in [-0.2, 0) is 11.8 Å². The van der Waals surface area contributed by atoms with Gasteiger partial charge in [0.15, 0.2) is 0 Å². The van der Waals surface area contributed by atoms with Crippen LogP contribution < -0.4 is 4.90 Å². The first-order chi connectivity index (χ1) is 9.61. The average Bonchev–Trinajstić information content (AvgIpc) is 2.35. The largest absolute Gasteiger partial charge is 0.419 e. The molecule has 0 fully saturated rings. The van der Waals surface area contributed by atoms with Gasteiger partial charge >= 0.3 is 6.18 Å². The van der Waals surface area contributed by atoms with Crippen LogP contribution >= 0.6 is 0 Å². The monoisotopic (exact) mass is 304 g/mol. The van der Waals surface area contributed by atoms with Crippen LogP contribution in [0.1, 0.15) is 51.7 Å². The van der Waals surface area contributed by atoms with E-state index in [-0.39, 0.29) is 11.4 Å². The molecule has 1 aromatic heterocycles. The van der Waals surface area contributed by atoms with Crippen LogP contribution in [0.5, 0.6) is 0 Å². The Balaban J connectivity index is 3.37. The zero-order chi connectivity index (χ0) is 16.3. The van der Waals surface area contributed by atoms with E-state index in [2.05, 4.69) is 4.98 Å². The molecular formula is C15H23F3N2O. The minimum Gasteiger partial charge on any atom is -0.386 e. The second kappa shape index (κ2) is 6.64. The Morgan fingerprint density at radius 1 is 1.14 bits per heavy atom. The lowest BCUT2D eigenvalue weighted by Crippen LogP contribution is -2.29. The smallest absolute Gasteiger partial charge is 0.386 e. The highest BCUT2D eigenvalue weighted by Gasteiger charge is 2.37. The maximum Gasteiger partial charge on any atom is 0.419 e. The molecule has 3 nitrogen and oxygen atoms in total. The van der Waals surface area contributed by atoms with Gasteiger partial charge in [-0.15, -0.1) is 0 Å². The molecule has 0 saturated carbocycles. The minimum atomic E-state index is -4.50. The first-order valence-corrected chi connectivity index (χ1v) is 7.16. The van der Waals surface area contributed by atoms with Gasteiger partial charge in [0.2, 0.25) is 0 Å². The predicted octanol–water partition coefficient (Wildman–Crippen LogP) is 3.95. The van der Waals surface area contributed by atoms with Crippen molar-refractivity contribution in [2.24, 2.45) is 0 Å². The summed E-state index contributed by atoms with van der Waals surface area (Å²) in [5.41, 5.74) is -1.98. The van der Waals surface area contributed by atoms with Crippen molar-refractivity contribution < 1.29 is 18.3 Å². The van der Waals surface area contributed by atoms with Gasteiger partial charge in [-0.1, -0.05) is 13.8 Å². The van der Waals surface area contributed by atoms with Crippen molar-refractivity contribution in [3.05, 3.63) is 23.4 Å². The Morgan fingerprint density at radius 2 is 1.67 bits per heavy atom. The first kappa shape index (κ1) is 17.8. The van der Waals surface area contributed by atoms with E-state index in [1.165, 1.54) is 20.0 Å². The van der Waals surface area contributed by atoms with Gasteiger partial charge in [-0.25, -0.2) is 4.98 Å². The lowest BCUT2D eigenvalue weighted by atomic mass is 9.98. The number of hydrogen-bond acceptors (Lipinski definition) is 3. The molecule has 120 valence electrons. The molecule has 1 N–H and O–H groups in total. The summed E-state index contributed by atoms with van der Waals surface area (Å²) in [4.78, 5) is 5.64. The van der Waals surface area contributed by atoms with E-state index in [0.29, 0.717) is 13.1 Å². The molecule has 0 bridgehead atoms. The lowest BCUT2D eigenvalue weighted by Gasteiger charge is -2.27. The SMILES string of the molecule is CCCN(CCC)c1ncc(C(C)(C)O)cc1C(F)(F)F. The van der Waals surface area contributed by atoms with E-state index in [4.69, 9.17) is 0 Å². The summed E-state index contributed by atoms with van der Waals surface area (Å²) in [5, 5.41) is 9.89. The average molecular weight is 304 g/mol.